The van der Waals surface area contributed by atoms with Gasteiger partial charge in [-0.3, -0.25) is 0 Å². The number of nitriles is 1. The molecule has 2 aromatic rings. The molecular weight excluding hydrogens is 227 g/mol. The molecule has 0 heterocycles. The van der Waals surface area contributed by atoms with Crippen LogP contribution in [0.5, 0.6) is 0 Å². The molecule has 0 amide bonds. The predicted molar refractivity (Wildman–Crippen MR) is 70.3 cm³/mol. The van der Waals surface area contributed by atoms with Crippen LogP contribution in [0.1, 0.15) is 16.7 Å². The summed E-state index contributed by atoms with van der Waals surface area (Å²) in [5.41, 5.74) is 3.71. The summed E-state index contributed by atoms with van der Waals surface area (Å²) >= 11 is 0. The number of halogens is 1. The first-order valence-electron chi connectivity index (χ1n) is 5.64. The molecule has 1 N–H and O–H groups in total. The highest BCUT2D eigenvalue weighted by Gasteiger charge is 2.07. The molecule has 0 aliphatic carbocycles. The van der Waals surface area contributed by atoms with Crippen molar-refractivity contribution in [2.24, 2.45) is 0 Å². The molecule has 2 aromatic carbocycles. The van der Waals surface area contributed by atoms with Crippen molar-refractivity contribution >= 4 is 11.4 Å². The molecule has 3 heteroatoms. The number of nitrogens with zero attached hydrogens (tertiary/aromatic N) is 1. The molecule has 0 saturated carbocycles. The first kappa shape index (κ1) is 12.1. The van der Waals surface area contributed by atoms with Gasteiger partial charge in [-0.1, -0.05) is 18.2 Å². The van der Waals surface area contributed by atoms with Gasteiger partial charge in [-0.05, 0) is 43.2 Å². The maximum atomic E-state index is 13.8. The number of para-hydroxylation sites is 1. The number of hydrogen-bond acceptors (Lipinski definition) is 2. The first-order chi connectivity index (χ1) is 8.61. The minimum absolute atomic E-state index is 0.319. The molecule has 18 heavy (non-hydrogen) atoms. The zero-order valence-electron chi connectivity index (χ0n) is 10.3. The number of benzene rings is 2. The van der Waals surface area contributed by atoms with E-state index in [-0.39, 0.29) is 0 Å². The van der Waals surface area contributed by atoms with E-state index >= 15 is 0 Å². The fourth-order valence-electron chi connectivity index (χ4n) is 1.83. The van der Waals surface area contributed by atoms with Gasteiger partial charge in [-0.25, -0.2) is 4.39 Å². The first-order valence-corrected chi connectivity index (χ1v) is 5.64. The maximum Gasteiger partial charge on any atom is 0.147 e. The van der Waals surface area contributed by atoms with Gasteiger partial charge in [0, 0.05) is 5.69 Å². The van der Waals surface area contributed by atoms with Crippen molar-refractivity contribution in [3.63, 3.8) is 0 Å². The fourth-order valence-corrected chi connectivity index (χ4v) is 1.83. The van der Waals surface area contributed by atoms with Gasteiger partial charge >= 0.3 is 0 Å². The molecule has 2 nitrogen and oxygen atoms in total. The molecule has 0 aliphatic rings. The van der Waals surface area contributed by atoms with Crippen molar-refractivity contribution in [3.05, 3.63) is 58.9 Å². The molecule has 0 bridgehead atoms. The smallest absolute Gasteiger partial charge is 0.147 e. The van der Waals surface area contributed by atoms with Crippen LogP contribution in [0.2, 0.25) is 0 Å². The molecule has 0 unspecified atom stereocenters. The Morgan fingerprint density at radius 3 is 2.33 bits per heavy atom. The summed E-state index contributed by atoms with van der Waals surface area (Å²) in [5.74, 6) is -0.420. The average molecular weight is 240 g/mol. The molecule has 90 valence electrons. The van der Waals surface area contributed by atoms with Crippen molar-refractivity contribution in [2.45, 2.75) is 13.8 Å². The van der Waals surface area contributed by atoms with E-state index in [0.29, 0.717) is 11.3 Å². The van der Waals surface area contributed by atoms with Crippen LogP contribution in [-0.4, -0.2) is 0 Å². The van der Waals surface area contributed by atoms with E-state index in [4.69, 9.17) is 5.26 Å². The SMILES string of the molecule is Cc1cccc(C)c1Nc1ccc(C#N)cc1F. The predicted octanol–water partition coefficient (Wildman–Crippen LogP) is 4.06. The Labute approximate surface area is 106 Å². The normalized spacial score (nSPS) is 9.89. The Balaban J connectivity index is 2.38. The summed E-state index contributed by atoms with van der Waals surface area (Å²) in [6, 6.07) is 12.2. The summed E-state index contributed by atoms with van der Waals surface area (Å²) in [4.78, 5) is 0. The van der Waals surface area contributed by atoms with Crippen LogP contribution in [-0.2, 0) is 0 Å². The second-order valence-corrected chi connectivity index (χ2v) is 4.20. The molecule has 0 fully saturated rings. The van der Waals surface area contributed by atoms with Crippen molar-refractivity contribution in [1.82, 2.24) is 0 Å². The van der Waals surface area contributed by atoms with Gasteiger partial charge in [0.2, 0.25) is 0 Å². The van der Waals surface area contributed by atoms with E-state index in [1.54, 1.807) is 12.1 Å². The maximum absolute atomic E-state index is 13.8. The van der Waals surface area contributed by atoms with Crippen LogP contribution in [0.15, 0.2) is 36.4 Å². The molecule has 0 spiro atoms. The monoisotopic (exact) mass is 240 g/mol. The standard InChI is InChI=1S/C15H13FN2/c1-10-4-3-5-11(2)15(10)18-14-7-6-12(9-17)8-13(14)16/h3-8,18H,1-2H3. The summed E-state index contributed by atoms with van der Waals surface area (Å²) in [6.45, 7) is 3.94. The second-order valence-electron chi connectivity index (χ2n) is 4.20. The Morgan fingerprint density at radius 2 is 1.78 bits per heavy atom. The van der Waals surface area contributed by atoms with Gasteiger partial charge in [0.05, 0.1) is 17.3 Å². The summed E-state index contributed by atoms with van der Waals surface area (Å²) in [7, 11) is 0. The van der Waals surface area contributed by atoms with Gasteiger partial charge in [0.1, 0.15) is 5.82 Å². The minimum Gasteiger partial charge on any atom is -0.353 e. The number of aryl methyl sites for hydroxylation is 2. The molecular formula is C15H13FN2. The van der Waals surface area contributed by atoms with Crippen LogP contribution in [0.4, 0.5) is 15.8 Å². The molecule has 0 radical (unpaired) electrons. The van der Waals surface area contributed by atoms with E-state index in [1.165, 1.54) is 6.07 Å². The molecule has 0 saturated heterocycles. The lowest BCUT2D eigenvalue weighted by atomic mass is 10.1. The van der Waals surface area contributed by atoms with Crippen LogP contribution in [0.3, 0.4) is 0 Å². The Bertz CT molecular complexity index is 607. The van der Waals surface area contributed by atoms with Crippen LogP contribution in [0.25, 0.3) is 0 Å². The Hall–Kier alpha value is -2.34. The third-order valence-corrected chi connectivity index (χ3v) is 2.84. The number of nitrogens with one attached hydrogen (secondary N) is 1. The van der Waals surface area contributed by atoms with E-state index in [9.17, 15) is 4.39 Å². The van der Waals surface area contributed by atoms with E-state index in [0.717, 1.165) is 16.8 Å². The van der Waals surface area contributed by atoms with Gasteiger partial charge in [-0.2, -0.15) is 5.26 Å². The van der Waals surface area contributed by atoms with Gasteiger partial charge in [0.25, 0.3) is 0 Å². The van der Waals surface area contributed by atoms with Crippen molar-refractivity contribution in [1.29, 1.82) is 5.26 Å². The molecule has 0 aromatic heterocycles. The van der Waals surface area contributed by atoms with Gasteiger partial charge in [-0.15, -0.1) is 0 Å². The lowest BCUT2D eigenvalue weighted by molar-refractivity contribution is 0.631. The van der Waals surface area contributed by atoms with Gasteiger partial charge < -0.3 is 5.32 Å². The zero-order valence-corrected chi connectivity index (χ0v) is 10.3. The zero-order chi connectivity index (χ0) is 13.1. The molecule has 2 rings (SSSR count). The molecule has 0 aliphatic heterocycles. The highest BCUT2D eigenvalue weighted by molar-refractivity contribution is 5.67. The molecule has 0 atom stereocenters. The Morgan fingerprint density at radius 1 is 1.11 bits per heavy atom. The lowest BCUT2D eigenvalue weighted by Gasteiger charge is -2.13. The third-order valence-electron chi connectivity index (χ3n) is 2.84. The largest absolute Gasteiger partial charge is 0.353 e. The highest BCUT2D eigenvalue weighted by Crippen LogP contribution is 2.26. The summed E-state index contributed by atoms with van der Waals surface area (Å²) in [6.07, 6.45) is 0. The minimum atomic E-state index is -0.420. The summed E-state index contributed by atoms with van der Waals surface area (Å²) in [5, 5.41) is 11.8. The van der Waals surface area contributed by atoms with E-state index in [2.05, 4.69) is 5.32 Å². The van der Waals surface area contributed by atoms with Gasteiger partial charge in [0.15, 0.2) is 0 Å². The third kappa shape index (κ3) is 2.33. The topological polar surface area (TPSA) is 35.8 Å². The van der Waals surface area contributed by atoms with Crippen LogP contribution in [0, 0.1) is 31.0 Å². The average Bonchev–Trinajstić information content (AvgIpc) is 2.35. The lowest BCUT2D eigenvalue weighted by Crippen LogP contribution is -1.98. The van der Waals surface area contributed by atoms with Crippen LogP contribution >= 0.6 is 0 Å². The van der Waals surface area contributed by atoms with Crippen molar-refractivity contribution in [3.8, 4) is 6.07 Å². The number of rotatable bonds is 2. The van der Waals surface area contributed by atoms with E-state index < -0.39 is 5.82 Å². The van der Waals surface area contributed by atoms with Crippen LogP contribution < -0.4 is 5.32 Å². The van der Waals surface area contributed by atoms with E-state index in [1.807, 2.05) is 38.1 Å². The number of hydrogen-bond donors (Lipinski definition) is 1. The quantitative estimate of drug-likeness (QED) is 0.859. The van der Waals surface area contributed by atoms with Crippen molar-refractivity contribution in [2.75, 3.05) is 5.32 Å². The highest BCUT2D eigenvalue weighted by atomic mass is 19.1. The van der Waals surface area contributed by atoms with Crippen molar-refractivity contribution < 1.29 is 4.39 Å². The Kier molecular flexibility index (Phi) is 3.29. The number of anilines is 2. The second kappa shape index (κ2) is 4.89. The fraction of sp³-hybridized carbons (Fsp3) is 0.133. The summed E-state index contributed by atoms with van der Waals surface area (Å²) < 4.78 is 13.8.